The summed E-state index contributed by atoms with van der Waals surface area (Å²) < 4.78 is 13.4. The van der Waals surface area contributed by atoms with E-state index in [-0.39, 0.29) is 24.2 Å². The van der Waals surface area contributed by atoms with Crippen LogP contribution in [-0.4, -0.2) is 23.3 Å². The van der Waals surface area contributed by atoms with E-state index in [1.165, 1.54) is 12.1 Å². The Morgan fingerprint density at radius 1 is 1.27 bits per heavy atom. The number of halogens is 2. The van der Waals surface area contributed by atoms with E-state index in [2.05, 4.69) is 5.32 Å². The molecule has 1 aliphatic rings. The summed E-state index contributed by atoms with van der Waals surface area (Å²) in [5.41, 5.74) is 2.07. The zero-order valence-electron chi connectivity index (χ0n) is 14.5. The van der Waals surface area contributed by atoms with Crippen LogP contribution < -0.4 is 5.32 Å². The maximum Gasteiger partial charge on any atom is 0.244 e. The molecule has 0 bridgehead atoms. The highest BCUT2D eigenvalue weighted by Crippen LogP contribution is 2.37. The number of hydrogen-bond donors (Lipinski definition) is 1. The lowest BCUT2D eigenvalue weighted by Gasteiger charge is -2.30. The van der Waals surface area contributed by atoms with Gasteiger partial charge >= 0.3 is 0 Å². The molecule has 2 aromatic carbocycles. The molecule has 6 heteroatoms. The third kappa shape index (κ3) is 3.88. The van der Waals surface area contributed by atoms with Gasteiger partial charge in [-0.2, -0.15) is 0 Å². The van der Waals surface area contributed by atoms with Crippen molar-refractivity contribution in [3.8, 4) is 0 Å². The fraction of sp³-hybridized carbons (Fsp3) is 0.300. The van der Waals surface area contributed by atoms with Crippen molar-refractivity contribution >= 4 is 29.1 Å². The quantitative estimate of drug-likeness (QED) is 0.854. The van der Waals surface area contributed by atoms with E-state index in [4.69, 9.17) is 11.6 Å². The number of anilines is 1. The van der Waals surface area contributed by atoms with Crippen LogP contribution in [-0.2, 0) is 9.59 Å². The molecule has 3 rings (SSSR count). The van der Waals surface area contributed by atoms with Crippen LogP contribution in [0.4, 0.5) is 10.1 Å². The minimum absolute atomic E-state index is 0.0586. The molecule has 0 aromatic heterocycles. The zero-order valence-corrected chi connectivity index (χ0v) is 15.2. The van der Waals surface area contributed by atoms with Crippen molar-refractivity contribution in [1.82, 2.24) is 4.90 Å². The number of unbranched alkanes of at least 4 members (excludes halogenated alkanes) is 1. The molecule has 1 heterocycles. The summed E-state index contributed by atoms with van der Waals surface area (Å²) in [6.45, 7) is 1.95. The molecule has 0 saturated heterocycles. The largest absolute Gasteiger partial charge is 0.324 e. The molecular weight excluding hydrogens is 355 g/mol. The molecule has 1 N–H and O–H groups in total. The van der Waals surface area contributed by atoms with Crippen molar-refractivity contribution < 1.29 is 14.0 Å². The molecule has 1 aliphatic heterocycles. The standard InChI is InChI=1S/C20H20ClFN2O2/c1-2-3-4-19(26)24-12-18(25)23-17-10-7-14(21)11-16(17)20(24)13-5-8-15(22)9-6-13/h5-11,20H,2-4,12H2,1H3,(H,23,25). The second-order valence-electron chi connectivity index (χ2n) is 6.36. The van der Waals surface area contributed by atoms with E-state index < -0.39 is 6.04 Å². The van der Waals surface area contributed by atoms with E-state index >= 15 is 0 Å². The number of fused-ring (bicyclic) bond motifs is 1. The van der Waals surface area contributed by atoms with Crippen LogP contribution in [0.15, 0.2) is 42.5 Å². The Morgan fingerprint density at radius 2 is 2.00 bits per heavy atom. The SMILES string of the molecule is CCCCC(=O)N1CC(=O)Nc2ccc(Cl)cc2C1c1ccc(F)cc1. The van der Waals surface area contributed by atoms with Crippen LogP contribution in [0.25, 0.3) is 0 Å². The molecule has 4 nitrogen and oxygen atoms in total. The van der Waals surface area contributed by atoms with Gasteiger partial charge in [0, 0.05) is 22.7 Å². The second kappa shape index (κ2) is 7.87. The number of carbonyl (C=O) groups is 2. The zero-order chi connectivity index (χ0) is 18.7. The van der Waals surface area contributed by atoms with Gasteiger partial charge in [-0.3, -0.25) is 9.59 Å². The van der Waals surface area contributed by atoms with Crippen LogP contribution in [0.2, 0.25) is 5.02 Å². The summed E-state index contributed by atoms with van der Waals surface area (Å²) >= 11 is 6.18. The van der Waals surface area contributed by atoms with Crippen molar-refractivity contribution in [2.24, 2.45) is 0 Å². The first-order chi connectivity index (χ1) is 12.5. The Kier molecular flexibility index (Phi) is 5.57. The summed E-state index contributed by atoms with van der Waals surface area (Å²) in [6.07, 6.45) is 1.99. The third-order valence-electron chi connectivity index (χ3n) is 4.46. The predicted octanol–water partition coefficient (Wildman–Crippen LogP) is 4.54. The number of carbonyl (C=O) groups excluding carboxylic acids is 2. The second-order valence-corrected chi connectivity index (χ2v) is 6.80. The number of amides is 2. The van der Waals surface area contributed by atoms with Crippen molar-refractivity contribution in [1.29, 1.82) is 0 Å². The number of hydrogen-bond acceptors (Lipinski definition) is 2. The van der Waals surface area contributed by atoms with Crippen LogP contribution in [0.5, 0.6) is 0 Å². The normalized spacial score (nSPS) is 16.7. The molecule has 26 heavy (non-hydrogen) atoms. The fourth-order valence-corrected chi connectivity index (χ4v) is 3.37. The van der Waals surface area contributed by atoms with E-state index in [9.17, 15) is 14.0 Å². The number of nitrogens with one attached hydrogen (secondary N) is 1. The first kappa shape index (κ1) is 18.4. The van der Waals surface area contributed by atoms with Gasteiger partial charge in [-0.1, -0.05) is 37.1 Å². The van der Waals surface area contributed by atoms with Gasteiger partial charge in [0.25, 0.3) is 0 Å². The predicted molar refractivity (Wildman–Crippen MR) is 99.6 cm³/mol. The Labute approximate surface area is 157 Å². The fourth-order valence-electron chi connectivity index (χ4n) is 3.19. The molecular formula is C20H20ClFN2O2. The molecule has 0 aliphatic carbocycles. The minimum Gasteiger partial charge on any atom is -0.324 e. The maximum absolute atomic E-state index is 13.4. The van der Waals surface area contributed by atoms with E-state index in [1.54, 1.807) is 35.2 Å². The van der Waals surface area contributed by atoms with Gasteiger partial charge in [0.05, 0.1) is 6.04 Å². The Morgan fingerprint density at radius 3 is 2.69 bits per heavy atom. The summed E-state index contributed by atoms with van der Waals surface area (Å²) in [7, 11) is 0. The highest BCUT2D eigenvalue weighted by molar-refractivity contribution is 6.30. The number of nitrogens with zero attached hydrogens (tertiary/aromatic N) is 1. The molecule has 2 amide bonds. The first-order valence-electron chi connectivity index (χ1n) is 8.64. The minimum atomic E-state index is -0.507. The maximum atomic E-state index is 13.4. The van der Waals surface area contributed by atoms with Gasteiger partial charge in [0.1, 0.15) is 12.4 Å². The van der Waals surface area contributed by atoms with Crippen LogP contribution >= 0.6 is 11.6 Å². The highest BCUT2D eigenvalue weighted by atomic mass is 35.5. The summed E-state index contributed by atoms with van der Waals surface area (Å²) in [5, 5.41) is 3.34. The first-order valence-corrected chi connectivity index (χ1v) is 9.01. The topological polar surface area (TPSA) is 49.4 Å². The summed E-state index contributed by atoms with van der Waals surface area (Å²) in [6, 6.07) is 10.6. The molecule has 1 atom stereocenters. The van der Waals surface area contributed by atoms with Crippen LogP contribution in [0, 0.1) is 5.82 Å². The lowest BCUT2D eigenvalue weighted by atomic mass is 9.95. The molecule has 2 aromatic rings. The van der Waals surface area contributed by atoms with Gasteiger partial charge in [-0.25, -0.2) is 4.39 Å². The molecule has 0 saturated carbocycles. The van der Waals surface area contributed by atoms with Gasteiger partial charge in [0.2, 0.25) is 11.8 Å². The lowest BCUT2D eigenvalue weighted by molar-refractivity contribution is -0.136. The Bertz CT molecular complexity index is 823. The smallest absolute Gasteiger partial charge is 0.244 e. The monoisotopic (exact) mass is 374 g/mol. The van der Waals surface area contributed by atoms with E-state index in [1.807, 2.05) is 6.92 Å². The van der Waals surface area contributed by atoms with Crippen LogP contribution in [0.1, 0.15) is 43.4 Å². The van der Waals surface area contributed by atoms with Gasteiger partial charge in [0.15, 0.2) is 0 Å². The molecule has 136 valence electrons. The Balaban J connectivity index is 2.12. The van der Waals surface area contributed by atoms with E-state index in [0.29, 0.717) is 17.1 Å². The number of rotatable bonds is 4. The van der Waals surface area contributed by atoms with Crippen molar-refractivity contribution in [3.05, 3.63) is 64.4 Å². The van der Waals surface area contributed by atoms with Crippen molar-refractivity contribution in [3.63, 3.8) is 0 Å². The van der Waals surface area contributed by atoms with Crippen LogP contribution in [0.3, 0.4) is 0 Å². The molecule has 0 fully saturated rings. The average Bonchev–Trinajstić information content (AvgIpc) is 2.76. The van der Waals surface area contributed by atoms with Gasteiger partial charge < -0.3 is 10.2 Å². The summed E-state index contributed by atoms with van der Waals surface area (Å²) in [5.74, 6) is -0.723. The highest BCUT2D eigenvalue weighted by Gasteiger charge is 2.33. The summed E-state index contributed by atoms with van der Waals surface area (Å²) in [4.78, 5) is 26.7. The molecule has 1 unspecified atom stereocenters. The third-order valence-corrected chi connectivity index (χ3v) is 4.69. The molecule has 0 radical (unpaired) electrons. The average molecular weight is 375 g/mol. The molecule has 0 spiro atoms. The van der Waals surface area contributed by atoms with Crippen molar-refractivity contribution in [2.45, 2.75) is 32.2 Å². The van der Waals surface area contributed by atoms with Gasteiger partial charge in [-0.05, 0) is 42.3 Å². The van der Waals surface area contributed by atoms with Crippen molar-refractivity contribution in [2.75, 3.05) is 11.9 Å². The lowest BCUT2D eigenvalue weighted by Crippen LogP contribution is -2.38. The Hall–Kier alpha value is -2.40. The number of benzene rings is 2. The van der Waals surface area contributed by atoms with Gasteiger partial charge in [-0.15, -0.1) is 0 Å². The van der Waals surface area contributed by atoms with E-state index in [0.717, 1.165) is 24.0 Å².